The van der Waals surface area contributed by atoms with Crippen LogP contribution in [0.2, 0.25) is 0 Å². The van der Waals surface area contributed by atoms with Crippen molar-refractivity contribution in [2.75, 3.05) is 13.2 Å². The van der Waals surface area contributed by atoms with Crippen molar-refractivity contribution >= 4 is 5.91 Å². The minimum Gasteiger partial charge on any atom is -0.493 e. The Morgan fingerprint density at radius 3 is 3.12 bits per heavy atom. The second-order valence-corrected chi connectivity index (χ2v) is 6.22. The van der Waals surface area contributed by atoms with Crippen LogP contribution in [0.3, 0.4) is 0 Å². The zero-order chi connectivity index (χ0) is 16.4. The van der Waals surface area contributed by atoms with E-state index in [2.05, 4.69) is 28.3 Å². The molecule has 0 spiro atoms. The van der Waals surface area contributed by atoms with Crippen LogP contribution in [0.25, 0.3) is 0 Å². The number of hydrogen-bond donors (Lipinski definition) is 3. The Kier molecular flexibility index (Phi) is 4.23. The van der Waals surface area contributed by atoms with Crippen molar-refractivity contribution in [2.45, 2.75) is 31.3 Å². The van der Waals surface area contributed by atoms with Gasteiger partial charge in [0.2, 0.25) is 5.91 Å². The van der Waals surface area contributed by atoms with E-state index in [9.17, 15) is 4.79 Å². The van der Waals surface area contributed by atoms with Gasteiger partial charge in [-0.3, -0.25) is 4.79 Å². The molecule has 0 saturated carbocycles. The summed E-state index contributed by atoms with van der Waals surface area (Å²) in [6, 6.07) is 9.95. The third kappa shape index (κ3) is 3.16. The summed E-state index contributed by atoms with van der Waals surface area (Å²) >= 11 is 0. The van der Waals surface area contributed by atoms with Crippen LogP contribution >= 0.6 is 0 Å². The van der Waals surface area contributed by atoms with Gasteiger partial charge in [-0.25, -0.2) is 10.9 Å². The van der Waals surface area contributed by atoms with Crippen molar-refractivity contribution in [3.05, 3.63) is 53.5 Å². The summed E-state index contributed by atoms with van der Waals surface area (Å²) in [5.74, 6) is 1.88. The van der Waals surface area contributed by atoms with Crippen LogP contribution in [-0.2, 0) is 17.6 Å². The minimum absolute atomic E-state index is 0.0149. The van der Waals surface area contributed by atoms with Gasteiger partial charge >= 0.3 is 0 Å². The number of benzene rings is 1. The fourth-order valence-electron chi connectivity index (χ4n) is 3.26. The van der Waals surface area contributed by atoms with Crippen LogP contribution < -0.4 is 20.9 Å². The standard InChI is InChI=1S/C18H21N3O3/c22-18(19-7-5-14-2-1-8-23-14)16-11-15(20-21-16)12-3-4-17-13(10-12)6-9-24-17/h1-4,8,10,15-16,20-21H,5-7,9,11H2,(H,19,22). The van der Waals surface area contributed by atoms with Crippen molar-refractivity contribution in [1.29, 1.82) is 0 Å². The van der Waals surface area contributed by atoms with Crippen molar-refractivity contribution in [2.24, 2.45) is 0 Å². The third-order valence-electron chi connectivity index (χ3n) is 4.59. The molecule has 6 nitrogen and oxygen atoms in total. The molecule has 2 aliphatic rings. The average molecular weight is 327 g/mol. The molecule has 126 valence electrons. The molecular formula is C18H21N3O3. The van der Waals surface area contributed by atoms with E-state index >= 15 is 0 Å². The van der Waals surface area contributed by atoms with Crippen molar-refractivity contribution < 1.29 is 13.9 Å². The third-order valence-corrected chi connectivity index (χ3v) is 4.59. The van der Waals surface area contributed by atoms with Crippen molar-refractivity contribution in [3.8, 4) is 5.75 Å². The van der Waals surface area contributed by atoms with Crippen molar-refractivity contribution in [3.63, 3.8) is 0 Å². The largest absolute Gasteiger partial charge is 0.493 e. The van der Waals surface area contributed by atoms with E-state index in [1.54, 1.807) is 6.26 Å². The number of nitrogens with one attached hydrogen (secondary N) is 3. The van der Waals surface area contributed by atoms with Gasteiger partial charge in [-0.05, 0) is 35.7 Å². The molecule has 3 heterocycles. The van der Waals surface area contributed by atoms with Gasteiger partial charge in [0.25, 0.3) is 0 Å². The number of fused-ring (bicyclic) bond motifs is 1. The van der Waals surface area contributed by atoms with Crippen LogP contribution in [0.4, 0.5) is 0 Å². The molecule has 1 amide bonds. The van der Waals surface area contributed by atoms with Gasteiger partial charge in [-0.2, -0.15) is 0 Å². The fourth-order valence-corrected chi connectivity index (χ4v) is 3.26. The van der Waals surface area contributed by atoms with Gasteiger partial charge in [0.1, 0.15) is 17.6 Å². The van der Waals surface area contributed by atoms with Crippen LogP contribution in [0.1, 0.15) is 29.3 Å². The molecule has 1 saturated heterocycles. The minimum atomic E-state index is -0.226. The van der Waals surface area contributed by atoms with Gasteiger partial charge in [-0.1, -0.05) is 12.1 Å². The average Bonchev–Trinajstić information content (AvgIpc) is 3.34. The summed E-state index contributed by atoms with van der Waals surface area (Å²) in [6.45, 7) is 1.33. The second kappa shape index (κ2) is 6.67. The topological polar surface area (TPSA) is 75.5 Å². The number of hydrazine groups is 1. The lowest BCUT2D eigenvalue weighted by Crippen LogP contribution is -2.43. The Bertz CT molecular complexity index is 714. The highest BCUT2D eigenvalue weighted by molar-refractivity contribution is 5.82. The molecule has 0 bridgehead atoms. The van der Waals surface area contributed by atoms with Gasteiger partial charge in [0, 0.05) is 25.4 Å². The maximum absolute atomic E-state index is 12.3. The number of ether oxygens (including phenoxy) is 1. The predicted molar refractivity (Wildman–Crippen MR) is 88.5 cm³/mol. The molecule has 4 rings (SSSR count). The Morgan fingerprint density at radius 2 is 2.25 bits per heavy atom. The number of furan rings is 1. The lowest BCUT2D eigenvalue weighted by molar-refractivity contribution is -0.122. The molecule has 0 aliphatic carbocycles. The number of amides is 1. The van der Waals surface area contributed by atoms with E-state index < -0.39 is 0 Å². The quantitative estimate of drug-likeness (QED) is 0.776. The Labute approximate surface area is 140 Å². The molecule has 3 N–H and O–H groups in total. The summed E-state index contributed by atoms with van der Waals surface area (Å²) in [5.41, 5.74) is 8.77. The normalized spacial score (nSPS) is 22.2. The monoisotopic (exact) mass is 327 g/mol. The summed E-state index contributed by atoms with van der Waals surface area (Å²) < 4.78 is 10.8. The number of carbonyl (C=O) groups is 1. The smallest absolute Gasteiger partial charge is 0.238 e. The molecule has 24 heavy (non-hydrogen) atoms. The molecule has 2 aromatic rings. The zero-order valence-electron chi connectivity index (χ0n) is 13.4. The van der Waals surface area contributed by atoms with Gasteiger partial charge in [0.15, 0.2) is 0 Å². The molecule has 2 aliphatic heterocycles. The number of carbonyl (C=O) groups excluding carboxylic acids is 1. The molecule has 0 radical (unpaired) electrons. The SMILES string of the molecule is O=C(NCCc1ccco1)C1CC(c2ccc3c(c2)CCO3)NN1. The second-order valence-electron chi connectivity index (χ2n) is 6.22. The van der Waals surface area contributed by atoms with E-state index in [1.807, 2.05) is 18.2 Å². The van der Waals surface area contributed by atoms with Crippen LogP contribution in [0.15, 0.2) is 41.0 Å². The summed E-state index contributed by atoms with van der Waals surface area (Å²) in [7, 11) is 0. The van der Waals surface area contributed by atoms with Crippen LogP contribution in [0, 0.1) is 0 Å². The van der Waals surface area contributed by atoms with Crippen molar-refractivity contribution in [1.82, 2.24) is 16.2 Å². The summed E-state index contributed by atoms with van der Waals surface area (Å²) in [4.78, 5) is 12.3. The lowest BCUT2D eigenvalue weighted by atomic mass is 9.99. The Hall–Kier alpha value is -2.31. The number of hydrogen-bond acceptors (Lipinski definition) is 5. The van der Waals surface area contributed by atoms with Gasteiger partial charge < -0.3 is 14.5 Å². The molecule has 1 aromatic carbocycles. The predicted octanol–water partition coefficient (Wildman–Crippen LogP) is 1.48. The van der Waals surface area contributed by atoms with Gasteiger partial charge in [0.05, 0.1) is 12.9 Å². The highest BCUT2D eigenvalue weighted by Crippen LogP contribution is 2.30. The summed E-state index contributed by atoms with van der Waals surface area (Å²) in [6.07, 6.45) is 4.03. The van der Waals surface area contributed by atoms with E-state index in [4.69, 9.17) is 9.15 Å². The highest BCUT2D eigenvalue weighted by atomic mass is 16.5. The van der Waals surface area contributed by atoms with Crippen LogP contribution in [0.5, 0.6) is 5.75 Å². The first-order valence-electron chi connectivity index (χ1n) is 8.36. The molecule has 6 heteroatoms. The maximum atomic E-state index is 12.3. The maximum Gasteiger partial charge on any atom is 0.238 e. The Morgan fingerprint density at radius 1 is 1.29 bits per heavy atom. The Balaban J connectivity index is 1.30. The van der Waals surface area contributed by atoms with Gasteiger partial charge in [-0.15, -0.1) is 0 Å². The molecule has 1 aromatic heterocycles. The molecule has 2 unspecified atom stereocenters. The first-order chi connectivity index (χ1) is 11.8. The number of rotatable bonds is 5. The van der Waals surface area contributed by atoms with E-state index in [0.29, 0.717) is 13.0 Å². The zero-order valence-corrected chi connectivity index (χ0v) is 13.4. The fraction of sp³-hybridized carbons (Fsp3) is 0.389. The van der Waals surface area contributed by atoms with E-state index in [1.165, 1.54) is 11.1 Å². The molecular weight excluding hydrogens is 306 g/mol. The first-order valence-corrected chi connectivity index (χ1v) is 8.36. The molecule has 2 atom stereocenters. The summed E-state index contributed by atoms with van der Waals surface area (Å²) in [5, 5.41) is 2.96. The lowest BCUT2D eigenvalue weighted by Gasteiger charge is -2.11. The van der Waals surface area contributed by atoms with E-state index in [-0.39, 0.29) is 18.0 Å². The highest BCUT2D eigenvalue weighted by Gasteiger charge is 2.30. The first kappa shape index (κ1) is 15.2. The molecule has 1 fully saturated rings. The van der Waals surface area contributed by atoms with Crippen LogP contribution in [-0.4, -0.2) is 25.1 Å². The van der Waals surface area contributed by atoms with E-state index in [0.717, 1.165) is 31.0 Å².